The van der Waals surface area contributed by atoms with Crippen LogP contribution in [0.15, 0.2) is 148 Å². The standard InChI is InChI=1S/C86H96BN3O2/c1-78(2,3)51-24-26-52(27-25-51)88(53-30-33-73-58(42-53)57-22-20-21-23-72(57)91-73)56-45-70-75-71(46-56)90(55-29-32-61-63(44-55)82(10,11)37-35-80(61,6)7)76-59-47-64-67(86(18,19)41-38-83(64,12)13)50-74(59)92-77(76)87(75)68-48-65-66(85(16,17)40-39-84(65,14)15)49-69(68)89(70)54-28-31-60-62(43-54)81(8,9)36-34-79(60,4)5/h20-33,42-50H,34-41H2,1-19H3. The van der Waals surface area contributed by atoms with Crippen molar-refractivity contribution in [3.8, 4) is 0 Å². The van der Waals surface area contributed by atoms with Gasteiger partial charge in [0.2, 0.25) is 0 Å². The van der Waals surface area contributed by atoms with E-state index in [1.54, 1.807) is 0 Å². The van der Waals surface area contributed by atoms with Gasteiger partial charge in [0.15, 0.2) is 0 Å². The Morgan fingerprint density at radius 3 is 1.37 bits per heavy atom. The maximum absolute atomic E-state index is 8.01. The van der Waals surface area contributed by atoms with Crippen LogP contribution in [0.5, 0.6) is 0 Å². The molecule has 0 bridgehead atoms. The summed E-state index contributed by atoms with van der Waals surface area (Å²) in [5.41, 5.74) is 29.5. The van der Waals surface area contributed by atoms with Gasteiger partial charge in [0, 0.05) is 56.0 Å². The number of hydrogen-bond acceptors (Lipinski definition) is 5. The topological polar surface area (TPSA) is 36.0 Å². The highest BCUT2D eigenvalue weighted by Gasteiger charge is 2.51. The molecule has 0 saturated heterocycles. The number of para-hydroxylation sites is 1. The first kappa shape index (κ1) is 59.6. The van der Waals surface area contributed by atoms with E-state index in [0.29, 0.717) is 0 Å². The highest BCUT2D eigenvalue weighted by atomic mass is 16.3. The molecule has 2 aromatic heterocycles. The van der Waals surface area contributed by atoms with Crippen LogP contribution >= 0.6 is 0 Å². The molecule has 92 heavy (non-hydrogen) atoms. The van der Waals surface area contributed by atoms with E-state index >= 15 is 0 Å². The van der Waals surface area contributed by atoms with Gasteiger partial charge in [0.05, 0.1) is 17.0 Å². The monoisotopic (exact) mass is 1210 g/mol. The van der Waals surface area contributed by atoms with Gasteiger partial charge in [-0.1, -0.05) is 180 Å². The molecule has 10 aromatic rings. The lowest BCUT2D eigenvalue weighted by atomic mass is 9.35. The SMILES string of the molecule is CC(C)(C)c1ccc(N(c2cc3c4c(c2)N(c2ccc5c(c2)C(C)(C)CCC5(C)C)c2c(oc5cc6c(cc25)C(C)(C)CCC6(C)C)B4c2cc4c(cc2N3c2ccc3c(c2)C(C)(C)CCC3(C)C)C(C)(C)CCC4(C)C)c2ccc3oc4ccccc4c3c2)cc1. The second kappa shape index (κ2) is 19.1. The number of nitrogens with zero attached hydrogens (tertiary/aromatic N) is 3. The number of anilines is 9. The molecular formula is C86H96BN3O2. The molecule has 0 N–H and O–H groups in total. The van der Waals surface area contributed by atoms with Crippen molar-refractivity contribution in [3.05, 3.63) is 190 Å². The van der Waals surface area contributed by atoms with Gasteiger partial charge >= 0.3 is 0 Å². The lowest BCUT2D eigenvalue weighted by Crippen LogP contribution is -2.61. The zero-order valence-corrected chi connectivity index (χ0v) is 58.7. The third-order valence-electron chi connectivity index (χ3n) is 24.6. The summed E-state index contributed by atoms with van der Waals surface area (Å²) in [6.45, 7) is 46.4. The molecule has 0 saturated carbocycles. The summed E-state index contributed by atoms with van der Waals surface area (Å²) in [5, 5.41) is 3.41. The zero-order valence-electron chi connectivity index (χ0n) is 58.7. The van der Waals surface area contributed by atoms with Crippen LogP contribution in [0.3, 0.4) is 0 Å². The van der Waals surface area contributed by atoms with E-state index in [4.69, 9.17) is 8.83 Å². The molecule has 0 radical (unpaired) electrons. The number of rotatable bonds is 5. The lowest BCUT2D eigenvalue weighted by Gasteiger charge is -2.47. The van der Waals surface area contributed by atoms with Crippen LogP contribution in [0, 0.1) is 0 Å². The van der Waals surface area contributed by atoms with Crippen molar-refractivity contribution < 1.29 is 8.83 Å². The van der Waals surface area contributed by atoms with Gasteiger partial charge in [-0.3, -0.25) is 0 Å². The minimum absolute atomic E-state index is 0.0116. The summed E-state index contributed by atoms with van der Waals surface area (Å²) in [6, 6.07) is 55.6. The van der Waals surface area contributed by atoms with E-state index < -0.39 is 0 Å². The fourth-order valence-electron chi connectivity index (χ4n) is 18.1. The van der Waals surface area contributed by atoms with Crippen LogP contribution in [0.1, 0.15) is 233 Å². The van der Waals surface area contributed by atoms with Gasteiger partial charge < -0.3 is 23.5 Å². The smallest absolute Gasteiger partial charge is 0.297 e. The van der Waals surface area contributed by atoms with Crippen LogP contribution < -0.4 is 31.3 Å². The Labute approximate surface area is 549 Å². The number of furan rings is 2. The summed E-state index contributed by atoms with van der Waals surface area (Å²) >= 11 is 0. The van der Waals surface area contributed by atoms with Crippen molar-refractivity contribution in [2.24, 2.45) is 0 Å². The number of hydrogen-bond donors (Lipinski definition) is 0. The summed E-state index contributed by atoms with van der Waals surface area (Å²) in [5.74, 6) is 0. The molecule has 4 aliphatic carbocycles. The van der Waals surface area contributed by atoms with Crippen LogP contribution in [0.4, 0.5) is 51.2 Å². The molecule has 0 fully saturated rings. The summed E-state index contributed by atoms with van der Waals surface area (Å²) in [4.78, 5) is 7.97. The van der Waals surface area contributed by atoms with Crippen molar-refractivity contribution >= 4 is 107 Å². The van der Waals surface area contributed by atoms with Gasteiger partial charge in [-0.25, -0.2) is 0 Å². The molecule has 0 amide bonds. The minimum Gasteiger partial charge on any atom is -0.468 e. The van der Waals surface area contributed by atoms with Crippen LogP contribution in [-0.4, -0.2) is 6.71 Å². The van der Waals surface area contributed by atoms with Gasteiger partial charge in [0.25, 0.3) is 6.71 Å². The first-order chi connectivity index (χ1) is 43.1. The average Bonchev–Trinajstić information content (AvgIpc) is 1.18. The van der Waals surface area contributed by atoms with E-state index in [1.807, 2.05) is 0 Å². The minimum atomic E-state index is -0.239. The van der Waals surface area contributed by atoms with Crippen LogP contribution in [0.25, 0.3) is 32.9 Å². The highest BCUT2D eigenvalue weighted by Crippen LogP contribution is 2.58. The molecule has 16 rings (SSSR count). The van der Waals surface area contributed by atoms with E-state index in [9.17, 15) is 0 Å². The molecule has 6 aliphatic rings. The Morgan fingerprint density at radius 2 is 0.815 bits per heavy atom. The maximum Gasteiger partial charge on any atom is 0.297 e. The van der Waals surface area contributed by atoms with Gasteiger partial charge in [0.1, 0.15) is 16.7 Å². The molecular weight excluding hydrogens is 1120 g/mol. The largest absolute Gasteiger partial charge is 0.468 e. The normalized spacial score (nSPS) is 20.4. The Bertz CT molecular complexity index is 4770. The molecule has 0 atom stereocenters. The Balaban J connectivity index is 1.08. The maximum atomic E-state index is 8.01. The van der Waals surface area contributed by atoms with Gasteiger partial charge in [-0.05, 0) is 252 Å². The average molecular weight is 1210 g/mol. The van der Waals surface area contributed by atoms with Gasteiger partial charge in [-0.15, -0.1) is 0 Å². The van der Waals surface area contributed by atoms with Crippen LogP contribution in [0.2, 0.25) is 0 Å². The number of fused-ring (bicyclic) bond motifs is 13. The fourth-order valence-corrected chi connectivity index (χ4v) is 18.1. The summed E-state index contributed by atoms with van der Waals surface area (Å²) in [6.07, 6.45) is 9.06. The van der Waals surface area contributed by atoms with Crippen molar-refractivity contribution in [2.45, 2.75) is 232 Å². The highest BCUT2D eigenvalue weighted by molar-refractivity contribution is 7.00. The summed E-state index contributed by atoms with van der Waals surface area (Å²) < 4.78 is 14.6. The van der Waals surface area contributed by atoms with E-state index in [2.05, 4.69) is 286 Å². The predicted octanol–water partition coefficient (Wildman–Crippen LogP) is 22.6. The fraction of sp³-hybridized carbons (Fsp3) is 0.419. The van der Waals surface area contributed by atoms with Crippen molar-refractivity contribution in [1.82, 2.24) is 0 Å². The molecule has 0 spiro atoms. The first-order valence-corrected chi connectivity index (χ1v) is 34.9. The molecule has 2 aliphatic heterocycles. The Hall–Kier alpha value is -7.44. The van der Waals surface area contributed by atoms with Crippen molar-refractivity contribution in [1.29, 1.82) is 0 Å². The quantitative estimate of drug-likeness (QED) is 0.161. The van der Waals surface area contributed by atoms with E-state index in [-0.39, 0.29) is 55.4 Å². The lowest BCUT2D eigenvalue weighted by molar-refractivity contribution is 0.332. The third-order valence-corrected chi connectivity index (χ3v) is 24.6. The molecule has 470 valence electrons. The Kier molecular flexibility index (Phi) is 12.4. The molecule has 0 unspecified atom stereocenters. The molecule has 6 heteroatoms. The second-order valence-electron chi connectivity index (χ2n) is 35.6. The Morgan fingerprint density at radius 1 is 0.359 bits per heavy atom. The second-order valence-corrected chi connectivity index (χ2v) is 35.6. The van der Waals surface area contributed by atoms with Crippen molar-refractivity contribution in [3.63, 3.8) is 0 Å². The first-order valence-electron chi connectivity index (χ1n) is 34.9. The number of benzene rings is 8. The predicted molar refractivity (Wildman–Crippen MR) is 392 cm³/mol. The third kappa shape index (κ3) is 8.75. The van der Waals surface area contributed by atoms with Gasteiger partial charge in [-0.2, -0.15) is 0 Å². The zero-order chi connectivity index (χ0) is 64.7. The van der Waals surface area contributed by atoms with E-state index in [0.717, 1.165) is 107 Å². The van der Waals surface area contributed by atoms with Crippen LogP contribution in [-0.2, 0) is 48.7 Å². The molecule has 8 aromatic carbocycles. The summed E-state index contributed by atoms with van der Waals surface area (Å²) in [7, 11) is 0. The molecule has 5 nitrogen and oxygen atoms in total. The molecule has 4 heterocycles. The van der Waals surface area contributed by atoms with E-state index in [1.165, 1.54) is 94.8 Å². The van der Waals surface area contributed by atoms with Crippen molar-refractivity contribution in [2.75, 3.05) is 14.7 Å².